The molecule has 0 fully saturated rings. The second kappa shape index (κ2) is 10.2. The highest BCUT2D eigenvalue weighted by atomic mass is 16.2. The van der Waals surface area contributed by atoms with E-state index in [1.807, 2.05) is 56.3 Å². The summed E-state index contributed by atoms with van der Waals surface area (Å²) in [6.45, 7) is 7.23. The number of hydrogen-bond acceptors (Lipinski definition) is 7. The van der Waals surface area contributed by atoms with Crippen LogP contribution in [0.1, 0.15) is 22.6 Å². The summed E-state index contributed by atoms with van der Waals surface area (Å²) < 4.78 is 1.30. The first-order chi connectivity index (χ1) is 16.8. The van der Waals surface area contributed by atoms with E-state index < -0.39 is 0 Å². The number of aryl methyl sites for hydroxylation is 3. The Balaban J connectivity index is 1.39. The number of nitrogens with zero attached hydrogens (tertiary/aromatic N) is 4. The number of benzene rings is 2. The van der Waals surface area contributed by atoms with Gasteiger partial charge in [0.2, 0.25) is 5.91 Å². The van der Waals surface area contributed by atoms with E-state index in [4.69, 9.17) is 0 Å². The molecule has 0 atom stereocenters. The SMILES string of the molecule is Cc1ccc(Nc2cc(Nc3ccc(NC(=O)Cn4cnc(C)c(C)c4=O)cc3)nc(C)n2)cc1. The highest BCUT2D eigenvalue weighted by molar-refractivity contribution is 5.90. The van der Waals surface area contributed by atoms with Gasteiger partial charge in [0.05, 0.1) is 6.33 Å². The molecule has 178 valence electrons. The maximum absolute atomic E-state index is 12.4. The number of aromatic nitrogens is 4. The Morgan fingerprint density at radius 2 is 1.37 bits per heavy atom. The molecule has 1 amide bonds. The fraction of sp³-hybridized carbons (Fsp3) is 0.192. The molecule has 0 aliphatic carbocycles. The van der Waals surface area contributed by atoms with E-state index in [0.717, 1.165) is 11.4 Å². The molecule has 0 radical (unpaired) electrons. The third kappa shape index (κ3) is 6.08. The van der Waals surface area contributed by atoms with Gasteiger partial charge in [0, 0.05) is 34.4 Å². The minimum atomic E-state index is -0.309. The summed E-state index contributed by atoms with van der Waals surface area (Å²) in [5, 5.41) is 9.36. The molecule has 0 saturated heterocycles. The zero-order valence-electron chi connectivity index (χ0n) is 20.1. The summed E-state index contributed by atoms with van der Waals surface area (Å²) in [6.07, 6.45) is 1.39. The molecule has 3 N–H and O–H groups in total. The van der Waals surface area contributed by atoms with Crippen LogP contribution in [-0.2, 0) is 11.3 Å². The first-order valence-electron chi connectivity index (χ1n) is 11.2. The summed E-state index contributed by atoms with van der Waals surface area (Å²) in [5.41, 5.74) is 4.53. The monoisotopic (exact) mass is 469 g/mol. The van der Waals surface area contributed by atoms with Crippen LogP contribution in [0.5, 0.6) is 0 Å². The van der Waals surface area contributed by atoms with E-state index >= 15 is 0 Å². The molecule has 0 unspecified atom stereocenters. The van der Waals surface area contributed by atoms with Crippen molar-refractivity contribution in [1.82, 2.24) is 19.5 Å². The number of carbonyl (C=O) groups excluding carboxylic acids is 1. The standard InChI is InChI=1S/C26H27N7O2/c1-16-5-7-20(8-6-16)30-23-13-24(29-19(4)28-23)31-21-9-11-22(12-10-21)32-25(34)14-33-15-27-18(3)17(2)26(33)35/h5-13,15H,14H2,1-4H3,(H,32,34)(H2,28,29,30,31). The third-order valence-corrected chi connectivity index (χ3v) is 5.43. The van der Waals surface area contributed by atoms with Crippen LogP contribution in [0, 0.1) is 27.7 Å². The maximum atomic E-state index is 12.4. The van der Waals surface area contributed by atoms with Gasteiger partial charge in [-0.15, -0.1) is 0 Å². The molecule has 4 aromatic rings. The molecular formula is C26H27N7O2. The second-order valence-electron chi connectivity index (χ2n) is 8.32. The lowest BCUT2D eigenvalue weighted by atomic mass is 10.2. The van der Waals surface area contributed by atoms with E-state index in [2.05, 4.69) is 30.9 Å². The molecule has 35 heavy (non-hydrogen) atoms. The topological polar surface area (TPSA) is 114 Å². The lowest BCUT2D eigenvalue weighted by Crippen LogP contribution is -2.29. The number of nitrogens with one attached hydrogen (secondary N) is 3. The Morgan fingerprint density at radius 1 is 0.829 bits per heavy atom. The van der Waals surface area contributed by atoms with Crippen LogP contribution in [-0.4, -0.2) is 25.4 Å². The Bertz CT molecular complexity index is 1410. The molecule has 2 aromatic heterocycles. The maximum Gasteiger partial charge on any atom is 0.256 e. The summed E-state index contributed by atoms with van der Waals surface area (Å²) >= 11 is 0. The van der Waals surface area contributed by atoms with Crippen molar-refractivity contribution in [3.63, 3.8) is 0 Å². The summed E-state index contributed by atoms with van der Waals surface area (Å²) in [5.74, 6) is 1.65. The zero-order chi connectivity index (χ0) is 24.9. The van der Waals surface area contributed by atoms with Gasteiger partial charge in [-0.3, -0.25) is 14.2 Å². The van der Waals surface area contributed by atoms with Gasteiger partial charge in [-0.2, -0.15) is 0 Å². The van der Waals surface area contributed by atoms with Crippen molar-refractivity contribution in [2.24, 2.45) is 0 Å². The molecule has 4 rings (SSSR count). The van der Waals surface area contributed by atoms with E-state index in [-0.39, 0.29) is 18.0 Å². The van der Waals surface area contributed by atoms with Crippen molar-refractivity contribution in [1.29, 1.82) is 0 Å². The lowest BCUT2D eigenvalue weighted by Gasteiger charge is -2.12. The molecule has 0 aliphatic rings. The van der Waals surface area contributed by atoms with Gasteiger partial charge >= 0.3 is 0 Å². The quantitative estimate of drug-likeness (QED) is 0.368. The van der Waals surface area contributed by atoms with Gasteiger partial charge in [-0.05, 0) is 64.1 Å². The first kappa shape index (κ1) is 23.6. The Kier molecular flexibility index (Phi) is 6.86. The fourth-order valence-corrected chi connectivity index (χ4v) is 3.41. The van der Waals surface area contributed by atoms with Gasteiger partial charge in [-0.25, -0.2) is 15.0 Å². The van der Waals surface area contributed by atoms with Crippen molar-refractivity contribution in [2.75, 3.05) is 16.0 Å². The Morgan fingerprint density at radius 3 is 1.97 bits per heavy atom. The van der Waals surface area contributed by atoms with Crippen LogP contribution in [0.4, 0.5) is 28.7 Å². The number of hydrogen-bond donors (Lipinski definition) is 3. The number of anilines is 5. The molecular weight excluding hydrogens is 442 g/mol. The molecule has 9 heteroatoms. The van der Waals surface area contributed by atoms with Gasteiger partial charge in [0.25, 0.3) is 5.56 Å². The molecule has 2 heterocycles. The number of rotatable bonds is 7. The zero-order valence-corrected chi connectivity index (χ0v) is 20.1. The van der Waals surface area contributed by atoms with Crippen molar-refractivity contribution < 1.29 is 4.79 Å². The summed E-state index contributed by atoms with van der Waals surface area (Å²) in [4.78, 5) is 37.7. The third-order valence-electron chi connectivity index (χ3n) is 5.43. The van der Waals surface area contributed by atoms with E-state index in [9.17, 15) is 9.59 Å². The van der Waals surface area contributed by atoms with Crippen molar-refractivity contribution in [3.8, 4) is 0 Å². The highest BCUT2D eigenvalue weighted by Gasteiger charge is 2.09. The molecule has 0 bridgehead atoms. The van der Waals surface area contributed by atoms with Crippen LogP contribution in [0.2, 0.25) is 0 Å². The average molecular weight is 470 g/mol. The van der Waals surface area contributed by atoms with Crippen molar-refractivity contribution in [3.05, 3.63) is 93.9 Å². The van der Waals surface area contributed by atoms with Gasteiger partial charge in [-0.1, -0.05) is 17.7 Å². The normalized spacial score (nSPS) is 10.6. The lowest BCUT2D eigenvalue weighted by molar-refractivity contribution is -0.116. The van der Waals surface area contributed by atoms with Crippen molar-refractivity contribution in [2.45, 2.75) is 34.2 Å². The minimum absolute atomic E-state index is 0.107. The van der Waals surface area contributed by atoms with Crippen LogP contribution < -0.4 is 21.5 Å². The molecule has 0 aliphatic heterocycles. The number of amides is 1. The van der Waals surface area contributed by atoms with E-state index in [0.29, 0.717) is 34.4 Å². The Labute approximate surface area is 203 Å². The highest BCUT2D eigenvalue weighted by Crippen LogP contribution is 2.22. The van der Waals surface area contributed by atoms with Gasteiger partial charge < -0.3 is 16.0 Å². The summed E-state index contributed by atoms with van der Waals surface area (Å²) in [7, 11) is 0. The van der Waals surface area contributed by atoms with Crippen LogP contribution in [0.15, 0.2) is 65.7 Å². The fourth-order valence-electron chi connectivity index (χ4n) is 3.41. The smallest absolute Gasteiger partial charge is 0.256 e. The van der Waals surface area contributed by atoms with Gasteiger partial charge in [0.1, 0.15) is 24.0 Å². The molecule has 2 aromatic carbocycles. The van der Waals surface area contributed by atoms with E-state index in [1.165, 1.54) is 16.5 Å². The molecule has 0 spiro atoms. The molecule has 9 nitrogen and oxygen atoms in total. The summed E-state index contributed by atoms with van der Waals surface area (Å²) in [6, 6.07) is 17.1. The largest absolute Gasteiger partial charge is 0.340 e. The predicted molar refractivity (Wildman–Crippen MR) is 138 cm³/mol. The van der Waals surface area contributed by atoms with Crippen LogP contribution >= 0.6 is 0 Å². The van der Waals surface area contributed by atoms with Crippen LogP contribution in [0.3, 0.4) is 0 Å². The predicted octanol–water partition coefficient (Wildman–Crippen LogP) is 4.39. The first-order valence-corrected chi connectivity index (χ1v) is 11.2. The molecule has 0 saturated carbocycles. The second-order valence-corrected chi connectivity index (χ2v) is 8.32. The average Bonchev–Trinajstić information content (AvgIpc) is 2.82. The van der Waals surface area contributed by atoms with Crippen LogP contribution in [0.25, 0.3) is 0 Å². The Hall–Kier alpha value is -4.53. The van der Waals surface area contributed by atoms with E-state index in [1.54, 1.807) is 26.0 Å². The number of carbonyl (C=O) groups is 1. The minimum Gasteiger partial charge on any atom is -0.340 e. The van der Waals surface area contributed by atoms with Gasteiger partial charge in [0.15, 0.2) is 0 Å². The van der Waals surface area contributed by atoms with Crippen molar-refractivity contribution >= 4 is 34.6 Å².